The number of hydrogen-bond acceptors (Lipinski definition) is 2. The van der Waals surface area contributed by atoms with Crippen LogP contribution < -0.4 is 5.73 Å². The van der Waals surface area contributed by atoms with Crippen molar-refractivity contribution in [1.82, 2.24) is 4.90 Å². The standard InChI is InChI=1S/C17H25BrN2O/c1-17(2,3)12-5-4-9-20(10-8-12)16(21)14-11-13(19)6-7-15(14)18/h6-7,11-12H,4-5,8-10,19H2,1-3H3. The molecule has 1 aliphatic rings. The third kappa shape index (κ3) is 4.00. The Hall–Kier alpha value is -1.03. The van der Waals surface area contributed by atoms with Gasteiger partial charge in [-0.25, -0.2) is 0 Å². The maximum Gasteiger partial charge on any atom is 0.255 e. The summed E-state index contributed by atoms with van der Waals surface area (Å²) in [5, 5.41) is 0. The Morgan fingerprint density at radius 2 is 2.00 bits per heavy atom. The number of carbonyl (C=O) groups excluding carboxylic acids is 1. The third-order valence-corrected chi connectivity index (χ3v) is 5.15. The molecule has 1 fully saturated rings. The monoisotopic (exact) mass is 352 g/mol. The predicted molar refractivity (Wildman–Crippen MR) is 91.3 cm³/mol. The Morgan fingerprint density at radius 3 is 2.67 bits per heavy atom. The van der Waals surface area contributed by atoms with E-state index >= 15 is 0 Å². The van der Waals surface area contributed by atoms with Crippen molar-refractivity contribution < 1.29 is 4.79 Å². The molecule has 21 heavy (non-hydrogen) atoms. The van der Waals surface area contributed by atoms with Gasteiger partial charge in [0.25, 0.3) is 5.91 Å². The largest absolute Gasteiger partial charge is 0.399 e. The van der Waals surface area contributed by atoms with E-state index in [1.807, 2.05) is 11.0 Å². The summed E-state index contributed by atoms with van der Waals surface area (Å²) in [4.78, 5) is 14.7. The normalized spacial score (nSPS) is 20.2. The lowest BCUT2D eigenvalue weighted by atomic mass is 9.77. The number of nitrogens with two attached hydrogens (primary N) is 1. The first-order valence-corrected chi connectivity index (χ1v) is 8.42. The number of hydrogen-bond donors (Lipinski definition) is 1. The molecule has 1 amide bonds. The molecule has 3 nitrogen and oxygen atoms in total. The molecule has 0 saturated carbocycles. The summed E-state index contributed by atoms with van der Waals surface area (Å²) in [6.45, 7) is 8.56. The summed E-state index contributed by atoms with van der Waals surface area (Å²) in [7, 11) is 0. The van der Waals surface area contributed by atoms with Gasteiger partial charge >= 0.3 is 0 Å². The molecule has 1 atom stereocenters. The van der Waals surface area contributed by atoms with Crippen LogP contribution in [0.1, 0.15) is 50.4 Å². The predicted octanol–water partition coefficient (Wildman–Crippen LogP) is 4.32. The van der Waals surface area contributed by atoms with Crippen LogP contribution in [0.25, 0.3) is 0 Å². The molecule has 0 spiro atoms. The molecule has 1 saturated heterocycles. The molecule has 0 bridgehead atoms. The maximum atomic E-state index is 12.7. The fraction of sp³-hybridized carbons (Fsp3) is 0.588. The second-order valence-corrected chi connectivity index (χ2v) is 7.88. The van der Waals surface area contributed by atoms with Crippen molar-refractivity contribution in [3.8, 4) is 0 Å². The van der Waals surface area contributed by atoms with Crippen LogP contribution in [-0.4, -0.2) is 23.9 Å². The van der Waals surface area contributed by atoms with Crippen LogP contribution in [0.15, 0.2) is 22.7 Å². The summed E-state index contributed by atoms with van der Waals surface area (Å²) < 4.78 is 0.818. The Kier molecular flexibility index (Phi) is 4.97. The minimum Gasteiger partial charge on any atom is -0.399 e. The lowest BCUT2D eigenvalue weighted by Crippen LogP contribution is -2.32. The highest BCUT2D eigenvalue weighted by Gasteiger charge is 2.29. The number of nitrogen functional groups attached to an aromatic ring is 1. The van der Waals surface area contributed by atoms with E-state index in [1.165, 1.54) is 6.42 Å². The van der Waals surface area contributed by atoms with Gasteiger partial charge in [-0.1, -0.05) is 20.8 Å². The van der Waals surface area contributed by atoms with Gasteiger partial charge < -0.3 is 10.6 Å². The molecule has 0 radical (unpaired) electrons. The van der Waals surface area contributed by atoms with Crippen molar-refractivity contribution in [1.29, 1.82) is 0 Å². The van der Waals surface area contributed by atoms with E-state index in [-0.39, 0.29) is 5.91 Å². The highest BCUT2D eigenvalue weighted by atomic mass is 79.9. The van der Waals surface area contributed by atoms with Crippen molar-refractivity contribution >= 4 is 27.5 Å². The van der Waals surface area contributed by atoms with Gasteiger partial charge in [-0.3, -0.25) is 4.79 Å². The van der Waals surface area contributed by atoms with Crippen molar-refractivity contribution in [2.75, 3.05) is 18.8 Å². The number of nitrogens with zero attached hydrogens (tertiary/aromatic N) is 1. The van der Waals surface area contributed by atoms with E-state index in [0.29, 0.717) is 22.6 Å². The molecule has 1 aromatic rings. The number of amides is 1. The van der Waals surface area contributed by atoms with Gasteiger partial charge in [-0.05, 0) is 64.7 Å². The van der Waals surface area contributed by atoms with Gasteiger partial charge in [-0.2, -0.15) is 0 Å². The first-order chi connectivity index (χ1) is 9.79. The maximum absolute atomic E-state index is 12.7. The van der Waals surface area contributed by atoms with Crippen molar-refractivity contribution in [3.63, 3.8) is 0 Å². The van der Waals surface area contributed by atoms with E-state index in [1.54, 1.807) is 12.1 Å². The van der Waals surface area contributed by atoms with Crippen LogP contribution in [0, 0.1) is 11.3 Å². The van der Waals surface area contributed by atoms with Crippen molar-refractivity contribution in [2.45, 2.75) is 40.0 Å². The summed E-state index contributed by atoms with van der Waals surface area (Å²) in [6.07, 6.45) is 3.36. The van der Waals surface area contributed by atoms with E-state index in [9.17, 15) is 4.79 Å². The molecule has 2 N–H and O–H groups in total. The Labute approximate surface area is 136 Å². The second-order valence-electron chi connectivity index (χ2n) is 7.03. The lowest BCUT2D eigenvalue weighted by molar-refractivity contribution is 0.0755. The van der Waals surface area contributed by atoms with Crippen LogP contribution in [0.2, 0.25) is 0 Å². The zero-order chi connectivity index (χ0) is 15.6. The molecule has 2 rings (SSSR count). The zero-order valence-corrected chi connectivity index (χ0v) is 14.7. The molecule has 0 aromatic heterocycles. The highest BCUT2D eigenvalue weighted by Crippen LogP contribution is 2.34. The SMILES string of the molecule is CC(C)(C)C1CCCN(C(=O)c2cc(N)ccc2Br)CC1. The van der Waals surface area contributed by atoms with E-state index in [0.717, 1.165) is 30.4 Å². The molecule has 4 heteroatoms. The van der Waals surface area contributed by atoms with Gasteiger partial charge in [0, 0.05) is 23.2 Å². The van der Waals surface area contributed by atoms with Crippen LogP contribution in [0.5, 0.6) is 0 Å². The van der Waals surface area contributed by atoms with Crippen LogP contribution >= 0.6 is 15.9 Å². The quantitative estimate of drug-likeness (QED) is 0.765. The minimum absolute atomic E-state index is 0.0868. The molecular weight excluding hydrogens is 328 g/mol. The number of rotatable bonds is 1. The average Bonchev–Trinajstić information content (AvgIpc) is 2.66. The van der Waals surface area contributed by atoms with Crippen molar-refractivity contribution in [2.24, 2.45) is 11.3 Å². The first kappa shape index (κ1) is 16.3. The Balaban J connectivity index is 2.12. The molecular formula is C17H25BrN2O. The molecule has 1 heterocycles. The first-order valence-electron chi connectivity index (χ1n) is 7.63. The summed E-state index contributed by atoms with van der Waals surface area (Å²) in [6, 6.07) is 5.41. The van der Waals surface area contributed by atoms with Gasteiger partial charge in [0.05, 0.1) is 5.56 Å². The number of carbonyl (C=O) groups is 1. The van der Waals surface area contributed by atoms with Crippen LogP contribution in [0.4, 0.5) is 5.69 Å². The Bertz CT molecular complexity index is 522. The van der Waals surface area contributed by atoms with Crippen molar-refractivity contribution in [3.05, 3.63) is 28.2 Å². The molecule has 116 valence electrons. The average molecular weight is 353 g/mol. The molecule has 0 aliphatic carbocycles. The number of benzene rings is 1. The van der Waals surface area contributed by atoms with Gasteiger partial charge in [-0.15, -0.1) is 0 Å². The summed E-state index contributed by atoms with van der Waals surface area (Å²) in [5.74, 6) is 0.767. The second kappa shape index (κ2) is 6.39. The molecule has 1 aromatic carbocycles. The smallest absolute Gasteiger partial charge is 0.255 e. The van der Waals surface area contributed by atoms with Crippen LogP contribution in [0.3, 0.4) is 0 Å². The fourth-order valence-corrected chi connectivity index (χ4v) is 3.46. The lowest BCUT2D eigenvalue weighted by Gasteiger charge is -2.29. The van der Waals surface area contributed by atoms with E-state index < -0.39 is 0 Å². The van der Waals surface area contributed by atoms with Gasteiger partial charge in [0.1, 0.15) is 0 Å². The summed E-state index contributed by atoms with van der Waals surface area (Å²) in [5.41, 5.74) is 7.43. The fourth-order valence-electron chi connectivity index (χ4n) is 3.04. The number of halogens is 1. The number of likely N-dealkylation sites (tertiary alicyclic amines) is 1. The minimum atomic E-state index is 0.0868. The molecule has 1 aliphatic heterocycles. The third-order valence-electron chi connectivity index (χ3n) is 4.46. The van der Waals surface area contributed by atoms with E-state index in [4.69, 9.17) is 5.73 Å². The zero-order valence-electron chi connectivity index (χ0n) is 13.2. The molecule has 1 unspecified atom stereocenters. The van der Waals surface area contributed by atoms with Gasteiger partial charge in [0.15, 0.2) is 0 Å². The van der Waals surface area contributed by atoms with Gasteiger partial charge in [0.2, 0.25) is 0 Å². The summed E-state index contributed by atoms with van der Waals surface area (Å²) >= 11 is 3.46. The topological polar surface area (TPSA) is 46.3 Å². The highest BCUT2D eigenvalue weighted by molar-refractivity contribution is 9.10. The van der Waals surface area contributed by atoms with Crippen LogP contribution in [-0.2, 0) is 0 Å². The van der Waals surface area contributed by atoms with E-state index in [2.05, 4.69) is 36.7 Å². The Morgan fingerprint density at radius 1 is 1.29 bits per heavy atom. The number of anilines is 1.